The molecule has 0 spiro atoms. The molecule has 0 heterocycles. The molecule has 0 aliphatic rings. The lowest BCUT2D eigenvalue weighted by Gasteiger charge is -1.97. The maximum absolute atomic E-state index is 10.4. The lowest BCUT2D eigenvalue weighted by atomic mass is 10.9. The van der Waals surface area contributed by atoms with E-state index in [1.54, 1.807) is 13.8 Å². The van der Waals surface area contributed by atoms with Crippen molar-refractivity contribution in [3.8, 4) is 0 Å². The van der Waals surface area contributed by atoms with E-state index in [1.807, 2.05) is 0 Å². The fourth-order valence-electron chi connectivity index (χ4n) is 0.277. The lowest BCUT2D eigenvalue weighted by Crippen LogP contribution is -1.81. The second-order valence-corrected chi connectivity index (χ2v) is 2.19. The van der Waals surface area contributed by atoms with Gasteiger partial charge in [-0.05, 0) is 13.8 Å². The van der Waals surface area contributed by atoms with E-state index in [9.17, 15) is 8.96 Å². The Labute approximate surface area is 61.5 Å². The standard InChI is InChI=1S/C4H11O3P.CH3F/c1-3-6-8(5)7-4-2;1-2/h8H,3-4H2,1-2H3;1H3. The molecule has 0 saturated heterocycles. The Balaban J connectivity index is 0. The smallest absolute Gasteiger partial charge is 0.311 e. The summed E-state index contributed by atoms with van der Waals surface area (Å²) in [5.41, 5.74) is 0. The Kier molecular flexibility index (Phi) is 15.1. The number of rotatable bonds is 4. The summed E-state index contributed by atoms with van der Waals surface area (Å²) >= 11 is 0. The van der Waals surface area contributed by atoms with Gasteiger partial charge >= 0.3 is 8.25 Å². The molecular weight excluding hydrogens is 158 g/mol. The fraction of sp³-hybridized carbons (Fsp3) is 1.00. The topological polar surface area (TPSA) is 35.5 Å². The summed E-state index contributed by atoms with van der Waals surface area (Å²) in [7, 11) is -1.64. The van der Waals surface area contributed by atoms with Gasteiger partial charge in [-0.3, -0.25) is 8.96 Å². The van der Waals surface area contributed by atoms with Crippen LogP contribution in [0.15, 0.2) is 0 Å². The van der Waals surface area contributed by atoms with Crippen molar-refractivity contribution in [1.82, 2.24) is 0 Å². The summed E-state index contributed by atoms with van der Waals surface area (Å²) in [6, 6.07) is 0. The predicted molar refractivity (Wildman–Crippen MR) is 39.3 cm³/mol. The van der Waals surface area contributed by atoms with E-state index in [2.05, 4.69) is 9.05 Å². The van der Waals surface area contributed by atoms with Crippen LogP contribution >= 0.6 is 8.25 Å². The normalized spacial score (nSPS) is 8.90. The zero-order valence-electron chi connectivity index (χ0n) is 6.52. The zero-order valence-corrected chi connectivity index (χ0v) is 7.52. The molecule has 0 aromatic rings. The van der Waals surface area contributed by atoms with E-state index < -0.39 is 8.25 Å². The van der Waals surface area contributed by atoms with Crippen molar-refractivity contribution in [2.75, 3.05) is 20.4 Å². The van der Waals surface area contributed by atoms with Gasteiger partial charge in [-0.2, -0.15) is 0 Å². The third-order valence-corrected chi connectivity index (χ3v) is 1.57. The molecule has 0 aliphatic heterocycles. The lowest BCUT2D eigenvalue weighted by molar-refractivity contribution is 0.243. The Morgan fingerprint density at radius 3 is 1.70 bits per heavy atom. The molecule has 0 radical (unpaired) electrons. The predicted octanol–water partition coefficient (Wildman–Crippen LogP) is 2.03. The minimum absolute atomic E-state index is 0.456. The van der Waals surface area contributed by atoms with E-state index >= 15 is 0 Å². The number of hydrogen-bond donors (Lipinski definition) is 0. The van der Waals surface area contributed by atoms with Crippen molar-refractivity contribution in [2.24, 2.45) is 0 Å². The number of halogens is 1. The van der Waals surface area contributed by atoms with E-state index in [1.165, 1.54) is 0 Å². The van der Waals surface area contributed by atoms with Crippen LogP contribution in [-0.2, 0) is 13.6 Å². The quantitative estimate of drug-likeness (QED) is 0.608. The van der Waals surface area contributed by atoms with Crippen LogP contribution in [0.4, 0.5) is 4.39 Å². The summed E-state index contributed by atoms with van der Waals surface area (Å²) in [6.45, 7) is 4.47. The molecule has 0 amide bonds. The minimum Gasteiger partial charge on any atom is -0.311 e. The molecule has 0 unspecified atom stereocenters. The van der Waals surface area contributed by atoms with Gasteiger partial charge in [0.15, 0.2) is 0 Å². The molecule has 0 aliphatic carbocycles. The van der Waals surface area contributed by atoms with Crippen LogP contribution in [0.2, 0.25) is 0 Å². The largest absolute Gasteiger partial charge is 0.319 e. The highest BCUT2D eigenvalue weighted by Gasteiger charge is 1.91. The van der Waals surface area contributed by atoms with Crippen LogP contribution < -0.4 is 0 Å². The Morgan fingerprint density at radius 1 is 1.20 bits per heavy atom. The summed E-state index contributed by atoms with van der Waals surface area (Å²) in [5.74, 6) is 0. The number of alkyl halides is 1. The Bertz CT molecular complexity index is 71.3. The molecule has 10 heavy (non-hydrogen) atoms. The first kappa shape index (κ1) is 12.7. The molecule has 0 aromatic heterocycles. The summed E-state index contributed by atoms with van der Waals surface area (Å²) in [4.78, 5) is 0. The van der Waals surface area contributed by atoms with Crippen molar-refractivity contribution in [3.63, 3.8) is 0 Å². The second-order valence-electron chi connectivity index (χ2n) is 1.12. The fourth-order valence-corrected chi connectivity index (χ4v) is 0.832. The van der Waals surface area contributed by atoms with Crippen molar-refractivity contribution in [1.29, 1.82) is 0 Å². The van der Waals surface area contributed by atoms with Gasteiger partial charge in [-0.25, -0.2) is 0 Å². The molecule has 0 fully saturated rings. The molecule has 0 aromatic carbocycles. The van der Waals surface area contributed by atoms with Gasteiger partial charge in [-0.15, -0.1) is 0 Å². The van der Waals surface area contributed by atoms with Crippen LogP contribution in [0.1, 0.15) is 13.8 Å². The molecule has 0 rings (SSSR count). The summed E-state index contributed by atoms with van der Waals surface area (Å²) in [5, 5.41) is 0. The molecule has 5 heteroatoms. The summed E-state index contributed by atoms with van der Waals surface area (Å²) < 4.78 is 29.1. The summed E-state index contributed by atoms with van der Waals surface area (Å²) in [6.07, 6.45) is 0. The van der Waals surface area contributed by atoms with E-state index in [4.69, 9.17) is 0 Å². The Morgan fingerprint density at radius 2 is 1.50 bits per heavy atom. The van der Waals surface area contributed by atoms with Crippen molar-refractivity contribution in [2.45, 2.75) is 13.8 Å². The first-order valence-electron chi connectivity index (χ1n) is 2.98. The third kappa shape index (κ3) is 11.0. The Hall–Kier alpha value is 0.0800. The highest BCUT2D eigenvalue weighted by atomic mass is 31.1. The van der Waals surface area contributed by atoms with Crippen molar-refractivity contribution < 1.29 is 18.0 Å². The molecule has 0 N–H and O–H groups in total. The van der Waals surface area contributed by atoms with Gasteiger partial charge in [0.1, 0.15) is 0 Å². The average molecular weight is 172 g/mol. The molecular formula is C5H14FO3P. The second kappa shape index (κ2) is 11.8. The highest BCUT2D eigenvalue weighted by molar-refractivity contribution is 7.33. The first-order chi connectivity index (χ1) is 4.81. The first-order valence-corrected chi connectivity index (χ1v) is 4.21. The molecule has 3 nitrogen and oxygen atoms in total. The van der Waals surface area contributed by atoms with Gasteiger partial charge in [0.05, 0.1) is 20.4 Å². The third-order valence-electron chi connectivity index (χ3n) is 0.524. The van der Waals surface area contributed by atoms with E-state index in [0.717, 1.165) is 0 Å². The highest BCUT2D eigenvalue weighted by Crippen LogP contribution is 2.21. The van der Waals surface area contributed by atoms with Crippen LogP contribution in [0.25, 0.3) is 0 Å². The minimum atomic E-state index is -2.14. The zero-order chi connectivity index (χ0) is 8.41. The van der Waals surface area contributed by atoms with Crippen LogP contribution in [0.3, 0.4) is 0 Å². The maximum atomic E-state index is 10.4. The van der Waals surface area contributed by atoms with Crippen molar-refractivity contribution >= 4 is 8.25 Å². The van der Waals surface area contributed by atoms with Crippen LogP contribution in [0.5, 0.6) is 0 Å². The van der Waals surface area contributed by atoms with Gasteiger partial charge in [-0.1, -0.05) is 0 Å². The van der Waals surface area contributed by atoms with Gasteiger partial charge in [0, 0.05) is 0 Å². The molecule has 0 atom stereocenters. The van der Waals surface area contributed by atoms with E-state index in [-0.39, 0.29) is 0 Å². The monoisotopic (exact) mass is 172 g/mol. The van der Waals surface area contributed by atoms with Gasteiger partial charge in [0.2, 0.25) is 0 Å². The maximum Gasteiger partial charge on any atom is 0.319 e. The van der Waals surface area contributed by atoms with E-state index in [0.29, 0.717) is 20.4 Å². The van der Waals surface area contributed by atoms with Crippen molar-refractivity contribution in [3.05, 3.63) is 0 Å². The molecule has 0 saturated carbocycles. The average Bonchev–Trinajstić information content (AvgIpc) is 1.93. The SMILES string of the molecule is CCO[PH](=O)OCC.CF. The van der Waals surface area contributed by atoms with Gasteiger partial charge in [0.25, 0.3) is 0 Å². The van der Waals surface area contributed by atoms with Crippen LogP contribution in [0, 0.1) is 0 Å². The molecule has 0 bridgehead atoms. The van der Waals surface area contributed by atoms with Gasteiger partial charge < -0.3 is 9.05 Å². The number of hydrogen-bond acceptors (Lipinski definition) is 3. The van der Waals surface area contributed by atoms with Crippen LogP contribution in [-0.4, -0.2) is 20.4 Å². The molecule has 64 valence electrons.